The largest absolute Gasteiger partial charge is 0.339 e. The predicted molar refractivity (Wildman–Crippen MR) is 82.2 cm³/mol. The molecule has 4 heteroatoms. The molecule has 0 aliphatic carbocycles. The smallest absolute Gasteiger partial charge is 0.257 e. The van der Waals surface area contributed by atoms with Gasteiger partial charge in [-0.25, -0.2) is 4.39 Å². The average Bonchev–Trinajstić information content (AvgIpc) is 2.37. The summed E-state index contributed by atoms with van der Waals surface area (Å²) in [4.78, 5) is 14.2. The molecule has 0 spiro atoms. The molecule has 1 aromatic rings. The topological polar surface area (TPSA) is 20.3 Å². The van der Waals surface area contributed by atoms with Crippen molar-refractivity contribution >= 4 is 21.8 Å². The third kappa shape index (κ3) is 3.22. The number of hydrogen-bond donors (Lipinski definition) is 0. The molecule has 1 heterocycles. The molecule has 0 bridgehead atoms. The van der Waals surface area contributed by atoms with Gasteiger partial charge in [-0.05, 0) is 52.2 Å². The molecule has 1 aromatic carbocycles. The van der Waals surface area contributed by atoms with E-state index in [1.54, 1.807) is 17.0 Å². The quantitative estimate of drug-likeness (QED) is 0.737. The third-order valence-corrected chi connectivity index (χ3v) is 4.84. The Labute approximate surface area is 128 Å². The van der Waals surface area contributed by atoms with E-state index in [0.29, 0.717) is 23.5 Å². The van der Waals surface area contributed by atoms with Gasteiger partial charge in [0.1, 0.15) is 5.82 Å². The van der Waals surface area contributed by atoms with E-state index in [4.69, 9.17) is 0 Å². The second-order valence-electron chi connectivity index (χ2n) is 6.53. The van der Waals surface area contributed by atoms with Crippen molar-refractivity contribution < 1.29 is 9.18 Å². The number of rotatable bonds is 1. The van der Waals surface area contributed by atoms with E-state index in [2.05, 4.69) is 36.7 Å². The van der Waals surface area contributed by atoms with Gasteiger partial charge in [0.05, 0.1) is 5.56 Å². The Balaban J connectivity index is 2.09. The maximum Gasteiger partial charge on any atom is 0.257 e. The lowest BCUT2D eigenvalue weighted by Gasteiger charge is -2.38. The van der Waals surface area contributed by atoms with Crippen LogP contribution in [0.3, 0.4) is 0 Å². The lowest BCUT2D eigenvalue weighted by Crippen LogP contribution is -2.41. The van der Waals surface area contributed by atoms with Crippen LogP contribution in [0, 0.1) is 17.2 Å². The molecule has 0 atom stereocenters. The van der Waals surface area contributed by atoms with E-state index in [1.807, 2.05) is 0 Å². The van der Waals surface area contributed by atoms with Gasteiger partial charge < -0.3 is 4.90 Å². The van der Waals surface area contributed by atoms with E-state index in [0.717, 1.165) is 12.8 Å². The molecular formula is C16H21BrFNO. The summed E-state index contributed by atoms with van der Waals surface area (Å²) in [6, 6.07) is 4.64. The Bertz CT molecular complexity index is 481. The number of benzene rings is 1. The van der Waals surface area contributed by atoms with Crippen LogP contribution in [0.5, 0.6) is 0 Å². The van der Waals surface area contributed by atoms with Gasteiger partial charge in [-0.2, -0.15) is 0 Å². The van der Waals surface area contributed by atoms with Crippen LogP contribution in [-0.2, 0) is 0 Å². The molecule has 1 saturated heterocycles. The van der Waals surface area contributed by atoms with Crippen molar-refractivity contribution in [1.82, 2.24) is 4.90 Å². The van der Waals surface area contributed by atoms with Crippen LogP contribution in [0.15, 0.2) is 22.7 Å². The molecule has 0 unspecified atom stereocenters. The lowest BCUT2D eigenvalue weighted by molar-refractivity contribution is 0.0603. The molecule has 0 aromatic heterocycles. The number of hydrogen-bond acceptors (Lipinski definition) is 1. The highest BCUT2D eigenvalue weighted by Gasteiger charge is 2.31. The molecular weight excluding hydrogens is 321 g/mol. The van der Waals surface area contributed by atoms with Crippen LogP contribution in [0.25, 0.3) is 0 Å². The summed E-state index contributed by atoms with van der Waals surface area (Å²) in [6.45, 7) is 8.14. The number of carbonyl (C=O) groups excluding carboxylic acids is 1. The molecule has 1 fully saturated rings. The van der Waals surface area contributed by atoms with Crippen molar-refractivity contribution in [2.75, 3.05) is 13.1 Å². The molecule has 1 aliphatic rings. The minimum absolute atomic E-state index is 0.154. The summed E-state index contributed by atoms with van der Waals surface area (Å²) in [5.74, 6) is -0.0414. The Hall–Kier alpha value is -0.900. The first kappa shape index (κ1) is 15.5. The van der Waals surface area contributed by atoms with E-state index < -0.39 is 5.82 Å². The first-order valence-corrected chi connectivity index (χ1v) is 7.83. The zero-order chi connectivity index (χ0) is 14.9. The first-order chi connectivity index (χ1) is 9.30. The van der Waals surface area contributed by atoms with Gasteiger partial charge >= 0.3 is 0 Å². The minimum Gasteiger partial charge on any atom is -0.339 e. The molecule has 20 heavy (non-hydrogen) atoms. The maximum absolute atomic E-state index is 13.8. The van der Waals surface area contributed by atoms with E-state index in [1.165, 1.54) is 6.07 Å². The molecule has 2 rings (SSSR count). The summed E-state index contributed by atoms with van der Waals surface area (Å²) >= 11 is 3.27. The van der Waals surface area contributed by atoms with Gasteiger partial charge in [0.25, 0.3) is 5.91 Å². The molecule has 1 amide bonds. The van der Waals surface area contributed by atoms with E-state index in [-0.39, 0.29) is 16.9 Å². The minimum atomic E-state index is -0.456. The summed E-state index contributed by atoms with van der Waals surface area (Å²) in [5.41, 5.74) is 0.426. The van der Waals surface area contributed by atoms with Crippen molar-refractivity contribution in [3.8, 4) is 0 Å². The second-order valence-corrected chi connectivity index (χ2v) is 7.38. The van der Waals surface area contributed by atoms with Crippen LogP contribution >= 0.6 is 15.9 Å². The average molecular weight is 342 g/mol. The Kier molecular flexibility index (Phi) is 4.52. The normalized spacial score (nSPS) is 17.4. The predicted octanol–water partition coefficient (Wildman–Crippen LogP) is 4.49. The van der Waals surface area contributed by atoms with Gasteiger partial charge in [-0.1, -0.05) is 26.8 Å². The zero-order valence-electron chi connectivity index (χ0n) is 12.2. The highest BCUT2D eigenvalue weighted by molar-refractivity contribution is 9.10. The SMILES string of the molecule is CC(C)(C)C1CCN(C(=O)c2c(F)cccc2Br)CC1. The molecule has 1 aliphatic heterocycles. The summed E-state index contributed by atoms with van der Waals surface area (Å²) in [6.07, 6.45) is 1.97. The van der Waals surface area contributed by atoms with Crippen LogP contribution < -0.4 is 0 Å². The van der Waals surface area contributed by atoms with Crippen molar-refractivity contribution in [3.05, 3.63) is 34.1 Å². The highest BCUT2D eigenvalue weighted by atomic mass is 79.9. The number of likely N-dealkylation sites (tertiary alicyclic amines) is 1. The molecule has 2 nitrogen and oxygen atoms in total. The lowest BCUT2D eigenvalue weighted by atomic mass is 9.75. The molecule has 0 saturated carbocycles. The highest BCUT2D eigenvalue weighted by Crippen LogP contribution is 2.35. The number of amides is 1. The molecule has 0 radical (unpaired) electrons. The first-order valence-electron chi connectivity index (χ1n) is 7.04. The van der Waals surface area contributed by atoms with E-state index >= 15 is 0 Å². The van der Waals surface area contributed by atoms with Gasteiger partial charge in [0, 0.05) is 17.6 Å². The van der Waals surface area contributed by atoms with Gasteiger partial charge in [-0.3, -0.25) is 4.79 Å². The fraction of sp³-hybridized carbons (Fsp3) is 0.562. The van der Waals surface area contributed by atoms with Crippen molar-refractivity contribution in [2.45, 2.75) is 33.6 Å². The van der Waals surface area contributed by atoms with Crippen molar-refractivity contribution in [1.29, 1.82) is 0 Å². The standard InChI is InChI=1S/C16H21BrFNO/c1-16(2,3)11-7-9-19(10-8-11)15(20)14-12(17)5-4-6-13(14)18/h4-6,11H,7-10H2,1-3H3. The van der Waals surface area contributed by atoms with Gasteiger partial charge in [0.2, 0.25) is 0 Å². The molecule has 110 valence electrons. The van der Waals surface area contributed by atoms with Crippen LogP contribution in [0.1, 0.15) is 44.0 Å². The fourth-order valence-corrected chi connectivity index (χ4v) is 3.32. The third-order valence-electron chi connectivity index (χ3n) is 4.18. The van der Waals surface area contributed by atoms with Crippen LogP contribution in [0.2, 0.25) is 0 Å². The van der Waals surface area contributed by atoms with Crippen molar-refractivity contribution in [3.63, 3.8) is 0 Å². The molecule has 0 N–H and O–H groups in total. The second kappa shape index (κ2) is 5.84. The van der Waals surface area contributed by atoms with Gasteiger partial charge in [0.15, 0.2) is 0 Å². The van der Waals surface area contributed by atoms with Crippen molar-refractivity contribution in [2.24, 2.45) is 11.3 Å². The Morgan fingerprint density at radius 2 is 1.90 bits per heavy atom. The summed E-state index contributed by atoms with van der Waals surface area (Å²) in [7, 11) is 0. The maximum atomic E-state index is 13.8. The number of carbonyl (C=O) groups is 1. The zero-order valence-corrected chi connectivity index (χ0v) is 13.8. The Morgan fingerprint density at radius 1 is 1.30 bits per heavy atom. The van der Waals surface area contributed by atoms with E-state index in [9.17, 15) is 9.18 Å². The summed E-state index contributed by atoms with van der Waals surface area (Å²) in [5, 5.41) is 0. The van der Waals surface area contributed by atoms with Crippen LogP contribution in [-0.4, -0.2) is 23.9 Å². The van der Waals surface area contributed by atoms with Crippen LogP contribution in [0.4, 0.5) is 4.39 Å². The number of nitrogens with zero attached hydrogens (tertiary/aromatic N) is 1. The number of halogens is 2. The van der Waals surface area contributed by atoms with Gasteiger partial charge in [-0.15, -0.1) is 0 Å². The Morgan fingerprint density at radius 3 is 2.40 bits per heavy atom. The summed E-state index contributed by atoms with van der Waals surface area (Å²) < 4.78 is 14.4. The number of piperidine rings is 1. The fourth-order valence-electron chi connectivity index (χ4n) is 2.81. The monoisotopic (exact) mass is 341 g/mol.